The fraction of sp³-hybridized carbons (Fsp3) is 0.643. The van der Waals surface area contributed by atoms with Crippen molar-refractivity contribution in [3.8, 4) is 5.88 Å². The third-order valence-electron chi connectivity index (χ3n) is 4.38. The molecule has 108 valence electrons. The van der Waals surface area contributed by atoms with Crippen LogP contribution in [0.3, 0.4) is 0 Å². The largest absolute Gasteiger partial charge is 0.474 e. The Morgan fingerprint density at radius 1 is 1.30 bits per heavy atom. The van der Waals surface area contributed by atoms with Crippen molar-refractivity contribution in [1.29, 1.82) is 0 Å². The molecule has 1 fully saturated rings. The predicted octanol–water partition coefficient (Wildman–Crippen LogP) is 3.29. The van der Waals surface area contributed by atoms with Crippen LogP contribution < -0.4 is 4.74 Å². The van der Waals surface area contributed by atoms with Gasteiger partial charge in [0.2, 0.25) is 5.88 Å². The van der Waals surface area contributed by atoms with Gasteiger partial charge in [-0.05, 0) is 38.0 Å². The summed E-state index contributed by atoms with van der Waals surface area (Å²) in [5.41, 5.74) is 0.816. The molecule has 6 heteroatoms. The molecule has 1 aliphatic carbocycles. The fourth-order valence-electron chi connectivity index (χ4n) is 2.78. The topological polar surface area (TPSA) is 52.3 Å². The van der Waals surface area contributed by atoms with Gasteiger partial charge in [0.1, 0.15) is 17.6 Å². The summed E-state index contributed by atoms with van der Waals surface area (Å²) in [5.74, 6) is 2.60. The van der Waals surface area contributed by atoms with Crippen LogP contribution in [0.4, 0.5) is 0 Å². The van der Waals surface area contributed by atoms with E-state index in [0.717, 1.165) is 24.3 Å². The van der Waals surface area contributed by atoms with Gasteiger partial charge in [0, 0.05) is 5.56 Å². The third kappa shape index (κ3) is 2.35. The van der Waals surface area contributed by atoms with Crippen LogP contribution in [-0.2, 0) is 0 Å². The monoisotopic (exact) mass is 294 g/mol. The Labute approximate surface area is 123 Å². The molecule has 0 bridgehead atoms. The van der Waals surface area contributed by atoms with Gasteiger partial charge in [0.05, 0.1) is 0 Å². The van der Waals surface area contributed by atoms with Gasteiger partial charge >= 0.3 is 0 Å². The molecule has 0 amide bonds. The summed E-state index contributed by atoms with van der Waals surface area (Å²) < 4.78 is 7.82. The van der Waals surface area contributed by atoms with Crippen molar-refractivity contribution in [2.45, 2.75) is 46.1 Å². The normalized spacial score (nSPS) is 26.9. The van der Waals surface area contributed by atoms with Crippen LogP contribution in [0, 0.1) is 18.8 Å². The number of nitrogens with zero attached hydrogens (tertiary/aromatic N) is 4. The van der Waals surface area contributed by atoms with Gasteiger partial charge < -0.3 is 4.74 Å². The lowest BCUT2D eigenvalue weighted by Gasteiger charge is -2.32. The predicted molar refractivity (Wildman–Crippen MR) is 77.1 cm³/mol. The van der Waals surface area contributed by atoms with Crippen LogP contribution >= 0.6 is 11.6 Å². The first-order chi connectivity index (χ1) is 9.56. The Morgan fingerprint density at radius 3 is 2.85 bits per heavy atom. The van der Waals surface area contributed by atoms with Crippen LogP contribution in [-0.4, -0.2) is 25.7 Å². The van der Waals surface area contributed by atoms with Gasteiger partial charge in [-0.1, -0.05) is 25.4 Å². The molecule has 0 spiro atoms. The van der Waals surface area contributed by atoms with Gasteiger partial charge in [0.15, 0.2) is 0 Å². The summed E-state index contributed by atoms with van der Waals surface area (Å²) in [4.78, 5) is 8.27. The van der Waals surface area contributed by atoms with E-state index < -0.39 is 0 Å². The summed E-state index contributed by atoms with van der Waals surface area (Å²) in [5, 5.41) is 4.61. The van der Waals surface area contributed by atoms with Gasteiger partial charge in [-0.15, -0.1) is 0 Å². The lowest BCUT2D eigenvalue weighted by atomic mass is 9.80. The van der Waals surface area contributed by atoms with Crippen LogP contribution in [0.15, 0.2) is 6.33 Å². The lowest BCUT2D eigenvalue weighted by molar-refractivity contribution is 0.0934. The molecule has 1 aliphatic rings. The molecule has 1 saturated carbocycles. The molecular weight excluding hydrogens is 276 g/mol. The highest BCUT2D eigenvalue weighted by atomic mass is 35.5. The molecule has 0 saturated heterocycles. The van der Waals surface area contributed by atoms with Gasteiger partial charge in [-0.25, -0.2) is 0 Å². The van der Waals surface area contributed by atoms with Crippen molar-refractivity contribution in [3.63, 3.8) is 0 Å². The molecule has 0 N–H and O–H groups in total. The summed E-state index contributed by atoms with van der Waals surface area (Å²) >= 11 is 6.15. The van der Waals surface area contributed by atoms with Gasteiger partial charge in [0.25, 0.3) is 5.78 Å². The standard InChI is InChI=1S/C14H19ClN4O/c1-8-4-5-11(6-9(8)2)20-13-10(3)12(15)18-14-16-7-17-19(13)14/h7-9,11H,4-6H2,1-3H3. The second-order valence-corrected chi connectivity index (χ2v) is 6.17. The number of ether oxygens (including phenoxy) is 1. The molecule has 0 aromatic carbocycles. The molecule has 0 aliphatic heterocycles. The molecule has 0 radical (unpaired) electrons. The number of rotatable bonds is 2. The molecular formula is C14H19ClN4O. The maximum atomic E-state index is 6.19. The average Bonchev–Trinajstić information content (AvgIpc) is 2.87. The van der Waals surface area contributed by atoms with E-state index in [2.05, 4.69) is 28.9 Å². The molecule has 20 heavy (non-hydrogen) atoms. The van der Waals surface area contributed by atoms with Crippen molar-refractivity contribution < 1.29 is 4.74 Å². The van der Waals surface area contributed by atoms with Gasteiger partial charge in [-0.2, -0.15) is 19.6 Å². The zero-order chi connectivity index (χ0) is 14.3. The van der Waals surface area contributed by atoms with Crippen molar-refractivity contribution in [3.05, 3.63) is 17.0 Å². The number of hydrogen-bond donors (Lipinski definition) is 0. The molecule has 3 rings (SSSR count). The second-order valence-electron chi connectivity index (χ2n) is 5.81. The molecule has 5 nitrogen and oxygen atoms in total. The number of halogens is 1. The molecule has 2 aromatic heterocycles. The first-order valence-corrected chi connectivity index (χ1v) is 7.46. The van der Waals surface area contributed by atoms with Crippen LogP contribution in [0.25, 0.3) is 5.78 Å². The second kappa shape index (κ2) is 5.20. The number of aromatic nitrogens is 4. The number of hydrogen-bond acceptors (Lipinski definition) is 4. The highest BCUT2D eigenvalue weighted by Gasteiger charge is 2.27. The van der Waals surface area contributed by atoms with E-state index in [1.165, 1.54) is 12.7 Å². The van der Waals surface area contributed by atoms with E-state index in [9.17, 15) is 0 Å². The SMILES string of the molecule is Cc1c(Cl)nc2ncnn2c1OC1CCC(C)C(C)C1. The van der Waals surface area contributed by atoms with E-state index in [1.54, 1.807) is 4.52 Å². The molecule has 2 heterocycles. The van der Waals surface area contributed by atoms with Crippen LogP contribution in [0.1, 0.15) is 38.7 Å². The highest BCUT2D eigenvalue weighted by molar-refractivity contribution is 6.30. The maximum absolute atomic E-state index is 6.19. The van der Waals surface area contributed by atoms with E-state index in [-0.39, 0.29) is 6.10 Å². The Balaban J connectivity index is 1.90. The summed E-state index contributed by atoms with van der Waals surface area (Å²) in [6, 6.07) is 0. The minimum Gasteiger partial charge on any atom is -0.474 e. The van der Waals surface area contributed by atoms with Crippen LogP contribution in [0.5, 0.6) is 5.88 Å². The van der Waals surface area contributed by atoms with Crippen molar-refractivity contribution in [1.82, 2.24) is 19.6 Å². The average molecular weight is 295 g/mol. The zero-order valence-corrected chi connectivity index (χ0v) is 12.8. The summed E-state index contributed by atoms with van der Waals surface area (Å²) in [7, 11) is 0. The third-order valence-corrected chi connectivity index (χ3v) is 4.75. The Bertz CT molecular complexity index is 627. The fourth-order valence-corrected chi connectivity index (χ4v) is 2.93. The summed E-state index contributed by atoms with van der Waals surface area (Å²) in [6.07, 6.45) is 5.02. The first kappa shape index (κ1) is 13.6. The Hall–Kier alpha value is -1.36. The molecule has 3 unspecified atom stereocenters. The minimum absolute atomic E-state index is 0.214. The highest BCUT2D eigenvalue weighted by Crippen LogP contribution is 2.33. The Morgan fingerprint density at radius 2 is 2.10 bits per heavy atom. The van der Waals surface area contributed by atoms with E-state index in [0.29, 0.717) is 22.7 Å². The maximum Gasteiger partial charge on any atom is 0.256 e. The molecule has 3 atom stereocenters. The zero-order valence-electron chi connectivity index (χ0n) is 12.0. The van der Waals surface area contributed by atoms with Crippen molar-refractivity contribution in [2.75, 3.05) is 0 Å². The lowest BCUT2D eigenvalue weighted by Crippen LogP contribution is -2.29. The van der Waals surface area contributed by atoms with Crippen LogP contribution in [0.2, 0.25) is 5.15 Å². The van der Waals surface area contributed by atoms with E-state index in [1.807, 2.05) is 6.92 Å². The van der Waals surface area contributed by atoms with Crippen molar-refractivity contribution in [2.24, 2.45) is 11.8 Å². The summed E-state index contributed by atoms with van der Waals surface area (Å²) in [6.45, 7) is 6.50. The first-order valence-electron chi connectivity index (χ1n) is 7.08. The minimum atomic E-state index is 0.214. The van der Waals surface area contributed by atoms with Gasteiger partial charge in [-0.3, -0.25) is 0 Å². The molecule has 2 aromatic rings. The smallest absolute Gasteiger partial charge is 0.256 e. The van der Waals surface area contributed by atoms with Crippen molar-refractivity contribution >= 4 is 17.4 Å². The Kier molecular flexibility index (Phi) is 3.54. The quantitative estimate of drug-likeness (QED) is 0.798. The number of fused-ring (bicyclic) bond motifs is 1. The van der Waals surface area contributed by atoms with E-state index >= 15 is 0 Å². The van der Waals surface area contributed by atoms with E-state index in [4.69, 9.17) is 16.3 Å².